The van der Waals surface area contributed by atoms with Crippen LogP contribution in [0, 0.1) is 0 Å². The third kappa shape index (κ3) is 1.89. The quantitative estimate of drug-likeness (QED) is 0.843. The summed E-state index contributed by atoms with van der Waals surface area (Å²) in [6.07, 6.45) is 3.14. The summed E-state index contributed by atoms with van der Waals surface area (Å²) in [5.41, 5.74) is 6.87. The number of benzene rings is 1. The molecule has 0 radical (unpaired) electrons. The number of rotatable bonds is 1. The van der Waals surface area contributed by atoms with Crippen molar-refractivity contribution in [3.63, 3.8) is 0 Å². The predicted octanol–water partition coefficient (Wildman–Crippen LogP) is 2.44. The van der Waals surface area contributed by atoms with Crippen molar-refractivity contribution in [1.29, 1.82) is 0 Å². The van der Waals surface area contributed by atoms with Gasteiger partial charge in [0.25, 0.3) is 0 Å². The molecule has 1 aromatic carbocycles. The van der Waals surface area contributed by atoms with Crippen LogP contribution in [0.2, 0.25) is 5.02 Å². The maximum Gasteiger partial charge on any atom is 0.239 e. The Morgan fingerprint density at radius 1 is 1.29 bits per heavy atom. The lowest BCUT2D eigenvalue weighted by Crippen LogP contribution is -2.20. The lowest BCUT2D eigenvalue weighted by Gasteiger charge is -2.23. The van der Waals surface area contributed by atoms with Gasteiger partial charge in [0.2, 0.25) is 5.95 Å². The molecule has 1 unspecified atom stereocenters. The van der Waals surface area contributed by atoms with Crippen molar-refractivity contribution in [2.75, 3.05) is 5.73 Å². The fourth-order valence-corrected chi connectivity index (χ4v) is 2.49. The van der Waals surface area contributed by atoms with Gasteiger partial charge >= 0.3 is 0 Å². The molecule has 1 aliphatic rings. The zero-order valence-electron chi connectivity index (χ0n) is 9.31. The molecule has 2 N–H and O–H groups in total. The summed E-state index contributed by atoms with van der Waals surface area (Å²) in [7, 11) is 0. The highest BCUT2D eigenvalue weighted by Gasteiger charge is 2.23. The van der Waals surface area contributed by atoms with Gasteiger partial charge in [-0.15, -0.1) is 5.10 Å². The van der Waals surface area contributed by atoms with Gasteiger partial charge in [0.05, 0.1) is 6.04 Å². The van der Waals surface area contributed by atoms with Gasteiger partial charge in [-0.3, -0.25) is 0 Å². The molecule has 1 aliphatic heterocycles. The molecule has 4 nitrogen and oxygen atoms in total. The maximum atomic E-state index is 5.90. The summed E-state index contributed by atoms with van der Waals surface area (Å²) in [6, 6.07) is 8.14. The Morgan fingerprint density at radius 2 is 2.06 bits per heavy atom. The van der Waals surface area contributed by atoms with Crippen LogP contribution in [0.5, 0.6) is 0 Å². The van der Waals surface area contributed by atoms with Crippen LogP contribution in [0.15, 0.2) is 24.3 Å². The first kappa shape index (κ1) is 10.6. The van der Waals surface area contributed by atoms with Gasteiger partial charge in [-0.2, -0.15) is 4.98 Å². The molecule has 0 saturated carbocycles. The van der Waals surface area contributed by atoms with E-state index in [2.05, 4.69) is 10.1 Å². The molecule has 0 fully saturated rings. The minimum Gasteiger partial charge on any atom is -0.366 e. The standard InChI is InChI=1S/C12H13ClN4/c13-9-6-4-8(5-7-9)10-2-1-3-11-15-12(14)16-17(10)11/h4-7,10H,1-3H2,(H2,14,16). The molecule has 0 saturated heterocycles. The highest BCUT2D eigenvalue weighted by Crippen LogP contribution is 2.30. The molecule has 5 heteroatoms. The van der Waals surface area contributed by atoms with Gasteiger partial charge in [-0.05, 0) is 30.5 Å². The van der Waals surface area contributed by atoms with Gasteiger partial charge in [0.1, 0.15) is 5.82 Å². The Labute approximate surface area is 104 Å². The van der Waals surface area contributed by atoms with Crippen LogP contribution < -0.4 is 5.73 Å². The zero-order valence-corrected chi connectivity index (χ0v) is 10.1. The number of nitrogens with two attached hydrogens (primary N) is 1. The molecular formula is C12H13ClN4. The summed E-state index contributed by atoms with van der Waals surface area (Å²) in [5.74, 6) is 1.34. The number of nitrogens with zero attached hydrogens (tertiary/aromatic N) is 3. The van der Waals surface area contributed by atoms with Crippen LogP contribution >= 0.6 is 11.6 Å². The smallest absolute Gasteiger partial charge is 0.239 e. The first-order chi connectivity index (χ1) is 8.24. The summed E-state index contributed by atoms with van der Waals surface area (Å²) in [6.45, 7) is 0. The number of halogens is 1. The summed E-state index contributed by atoms with van der Waals surface area (Å²) < 4.78 is 1.95. The van der Waals surface area contributed by atoms with E-state index < -0.39 is 0 Å². The fourth-order valence-electron chi connectivity index (χ4n) is 2.36. The van der Waals surface area contributed by atoms with Gasteiger partial charge in [0, 0.05) is 11.4 Å². The van der Waals surface area contributed by atoms with E-state index in [0.717, 1.165) is 30.1 Å². The van der Waals surface area contributed by atoms with E-state index >= 15 is 0 Å². The average molecular weight is 249 g/mol. The van der Waals surface area contributed by atoms with Crippen LogP contribution in [0.25, 0.3) is 0 Å². The van der Waals surface area contributed by atoms with Gasteiger partial charge in [0.15, 0.2) is 0 Å². The van der Waals surface area contributed by atoms with E-state index in [1.807, 2.05) is 28.9 Å². The lowest BCUT2D eigenvalue weighted by molar-refractivity contribution is 0.413. The first-order valence-corrected chi connectivity index (χ1v) is 6.08. The Hall–Kier alpha value is -1.55. The number of aromatic nitrogens is 3. The van der Waals surface area contributed by atoms with Crippen LogP contribution in [0.4, 0.5) is 5.95 Å². The average Bonchev–Trinajstić information content (AvgIpc) is 2.70. The van der Waals surface area contributed by atoms with Crippen molar-refractivity contribution in [2.45, 2.75) is 25.3 Å². The van der Waals surface area contributed by atoms with E-state index in [4.69, 9.17) is 17.3 Å². The van der Waals surface area contributed by atoms with Crippen LogP contribution in [0.1, 0.15) is 30.3 Å². The Bertz CT molecular complexity index is 532. The molecular weight excluding hydrogens is 236 g/mol. The Balaban J connectivity index is 2.02. The Morgan fingerprint density at radius 3 is 2.82 bits per heavy atom. The van der Waals surface area contributed by atoms with Crippen molar-refractivity contribution < 1.29 is 0 Å². The van der Waals surface area contributed by atoms with E-state index in [1.165, 1.54) is 5.56 Å². The topological polar surface area (TPSA) is 56.7 Å². The second-order valence-corrected chi connectivity index (χ2v) is 4.73. The van der Waals surface area contributed by atoms with E-state index in [-0.39, 0.29) is 6.04 Å². The van der Waals surface area contributed by atoms with Crippen molar-refractivity contribution in [3.8, 4) is 0 Å². The monoisotopic (exact) mass is 248 g/mol. The number of fused-ring (bicyclic) bond motifs is 1. The number of hydrogen-bond acceptors (Lipinski definition) is 3. The van der Waals surface area contributed by atoms with Crippen LogP contribution in [-0.2, 0) is 6.42 Å². The molecule has 0 aliphatic carbocycles. The van der Waals surface area contributed by atoms with Crippen molar-refractivity contribution >= 4 is 17.5 Å². The zero-order chi connectivity index (χ0) is 11.8. The second-order valence-electron chi connectivity index (χ2n) is 4.29. The Kier molecular flexibility index (Phi) is 2.52. The number of hydrogen-bond donors (Lipinski definition) is 1. The van der Waals surface area contributed by atoms with E-state index in [9.17, 15) is 0 Å². The SMILES string of the molecule is Nc1nc2n(n1)C(c1ccc(Cl)cc1)CCC2. The molecule has 1 atom stereocenters. The summed E-state index contributed by atoms with van der Waals surface area (Å²) in [4.78, 5) is 4.25. The molecule has 0 bridgehead atoms. The van der Waals surface area contributed by atoms with Crippen molar-refractivity contribution in [3.05, 3.63) is 40.7 Å². The van der Waals surface area contributed by atoms with E-state index in [0.29, 0.717) is 5.95 Å². The number of nitrogen functional groups attached to an aromatic ring is 1. The molecule has 1 aromatic heterocycles. The molecule has 88 valence electrons. The molecule has 2 aromatic rings. The summed E-state index contributed by atoms with van der Waals surface area (Å²) >= 11 is 5.90. The minimum absolute atomic E-state index is 0.237. The largest absolute Gasteiger partial charge is 0.366 e. The fraction of sp³-hybridized carbons (Fsp3) is 0.333. The molecule has 0 amide bonds. The van der Waals surface area contributed by atoms with E-state index in [1.54, 1.807) is 0 Å². The third-order valence-corrected chi connectivity index (χ3v) is 3.40. The highest BCUT2D eigenvalue weighted by atomic mass is 35.5. The molecule has 2 heterocycles. The molecule has 0 spiro atoms. The number of anilines is 1. The minimum atomic E-state index is 0.237. The van der Waals surface area contributed by atoms with Gasteiger partial charge < -0.3 is 5.73 Å². The second kappa shape index (κ2) is 4.04. The van der Waals surface area contributed by atoms with Crippen molar-refractivity contribution in [1.82, 2.24) is 14.8 Å². The van der Waals surface area contributed by atoms with Gasteiger partial charge in [-0.1, -0.05) is 23.7 Å². The molecule has 17 heavy (non-hydrogen) atoms. The normalized spacial score (nSPS) is 19.0. The van der Waals surface area contributed by atoms with Gasteiger partial charge in [-0.25, -0.2) is 4.68 Å². The maximum absolute atomic E-state index is 5.90. The lowest BCUT2D eigenvalue weighted by atomic mass is 9.98. The van der Waals surface area contributed by atoms with Crippen LogP contribution in [0.3, 0.4) is 0 Å². The predicted molar refractivity (Wildman–Crippen MR) is 67.0 cm³/mol. The summed E-state index contributed by atoms with van der Waals surface area (Å²) in [5, 5.41) is 5.03. The first-order valence-electron chi connectivity index (χ1n) is 5.70. The third-order valence-electron chi connectivity index (χ3n) is 3.15. The van der Waals surface area contributed by atoms with Crippen molar-refractivity contribution in [2.24, 2.45) is 0 Å². The molecule has 3 rings (SSSR count). The highest BCUT2D eigenvalue weighted by molar-refractivity contribution is 6.30. The number of aryl methyl sites for hydroxylation is 1. The van der Waals surface area contributed by atoms with Crippen LogP contribution in [-0.4, -0.2) is 14.8 Å².